The lowest BCUT2D eigenvalue weighted by Crippen LogP contribution is -3.13. The van der Waals surface area contributed by atoms with Gasteiger partial charge in [-0.2, -0.15) is 0 Å². The lowest BCUT2D eigenvalue weighted by Gasteiger charge is -2.32. The van der Waals surface area contributed by atoms with Crippen LogP contribution < -0.4 is 4.90 Å². The van der Waals surface area contributed by atoms with Crippen molar-refractivity contribution in [3.63, 3.8) is 0 Å². The Morgan fingerprint density at radius 1 is 0.923 bits per heavy atom. The second kappa shape index (κ2) is 7.18. The molecule has 26 heavy (non-hydrogen) atoms. The van der Waals surface area contributed by atoms with Crippen LogP contribution in [0.15, 0.2) is 66.7 Å². The summed E-state index contributed by atoms with van der Waals surface area (Å²) in [4.78, 5) is 16.2. The van der Waals surface area contributed by atoms with Crippen molar-refractivity contribution in [2.45, 2.75) is 6.54 Å². The summed E-state index contributed by atoms with van der Waals surface area (Å²) >= 11 is 0. The topological polar surface area (TPSA) is 45.0 Å². The van der Waals surface area contributed by atoms with Crippen LogP contribution in [0.4, 0.5) is 0 Å². The molecule has 0 radical (unpaired) electrons. The fourth-order valence-corrected chi connectivity index (χ4v) is 3.66. The maximum atomic E-state index is 12.9. The minimum Gasteiger partial charge on any atom is -0.507 e. The van der Waals surface area contributed by atoms with Gasteiger partial charge in [0.15, 0.2) is 0 Å². The average Bonchev–Trinajstić information content (AvgIpc) is 2.68. The first-order valence-corrected chi connectivity index (χ1v) is 9.09. The molecule has 4 rings (SSSR count). The summed E-state index contributed by atoms with van der Waals surface area (Å²) in [6, 6.07) is 21.7. The van der Waals surface area contributed by atoms with Gasteiger partial charge in [-0.3, -0.25) is 4.79 Å². The predicted molar refractivity (Wildman–Crippen MR) is 102 cm³/mol. The standard InChI is InChI=1S/C22H22N2O2/c25-21-15-19-9-5-4-8-18(19)14-20(21)22(26)24-12-10-23(11-13-24)16-17-6-2-1-3-7-17/h1-9,14-15,25H,10-13,16H2/p+1. The highest BCUT2D eigenvalue weighted by Gasteiger charge is 2.26. The molecular weight excluding hydrogens is 324 g/mol. The van der Waals surface area contributed by atoms with Crippen molar-refractivity contribution in [2.24, 2.45) is 0 Å². The fourth-order valence-electron chi connectivity index (χ4n) is 3.66. The van der Waals surface area contributed by atoms with Gasteiger partial charge in [-0.1, -0.05) is 54.6 Å². The highest BCUT2D eigenvalue weighted by molar-refractivity contribution is 6.01. The van der Waals surface area contributed by atoms with Crippen LogP contribution in [0.5, 0.6) is 5.75 Å². The number of nitrogens with zero attached hydrogens (tertiary/aromatic N) is 1. The summed E-state index contributed by atoms with van der Waals surface area (Å²) in [7, 11) is 0. The first-order valence-electron chi connectivity index (χ1n) is 9.09. The molecule has 0 unspecified atom stereocenters. The minimum absolute atomic E-state index is 0.0627. The van der Waals surface area contributed by atoms with Gasteiger partial charge in [0.2, 0.25) is 0 Å². The van der Waals surface area contributed by atoms with E-state index in [1.54, 1.807) is 12.1 Å². The monoisotopic (exact) mass is 347 g/mol. The van der Waals surface area contributed by atoms with Gasteiger partial charge >= 0.3 is 0 Å². The number of benzene rings is 3. The number of phenols is 1. The molecule has 4 heteroatoms. The molecule has 3 aromatic carbocycles. The molecule has 0 spiro atoms. The number of nitrogens with one attached hydrogen (secondary N) is 1. The number of rotatable bonds is 3. The second-order valence-electron chi connectivity index (χ2n) is 6.92. The number of quaternary nitrogens is 1. The van der Waals surface area contributed by atoms with E-state index in [4.69, 9.17) is 0 Å². The SMILES string of the molecule is O=C(c1cc2ccccc2cc1O)N1CC[NH+](Cc2ccccc2)CC1. The Morgan fingerprint density at radius 2 is 1.54 bits per heavy atom. The normalized spacial score (nSPS) is 15.3. The third kappa shape index (κ3) is 3.41. The van der Waals surface area contributed by atoms with Crippen molar-refractivity contribution < 1.29 is 14.8 Å². The molecule has 1 amide bonds. The molecule has 1 aliphatic rings. The van der Waals surface area contributed by atoms with Crippen molar-refractivity contribution in [3.8, 4) is 5.75 Å². The zero-order valence-corrected chi connectivity index (χ0v) is 14.7. The van der Waals surface area contributed by atoms with Gasteiger partial charge < -0.3 is 14.9 Å². The molecule has 1 fully saturated rings. The van der Waals surface area contributed by atoms with E-state index >= 15 is 0 Å². The lowest BCUT2D eigenvalue weighted by molar-refractivity contribution is -0.917. The van der Waals surface area contributed by atoms with E-state index in [-0.39, 0.29) is 11.7 Å². The van der Waals surface area contributed by atoms with Crippen LogP contribution in [0.3, 0.4) is 0 Å². The molecule has 0 saturated carbocycles. The number of aromatic hydroxyl groups is 1. The second-order valence-corrected chi connectivity index (χ2v) is 6.92. The van der Waals surface area contributed by atoms with E-state index in [0.29, 0.717) is 18.7 Å². The third-order valence-corrected chi connectivity index (χ3v) is 5.15. The summed E-state index contributed by atoms with van der Waals surface area (Å²) in [5.74, 6) is -0.0141. The summed E-state index contributed by atoms with van der Waals surface area (Å²) < 4.78 is 0. The van der Waals surface area contributed by atoms with Gasteiger partial charge in [0.1, 0.15) is 12.3 Å². The maximum absolute atomic E-state index is 12.9. The third-order valence-electron chi connectivity index (χ3n) is 5.15. The van der Waals surface area contributed by atoms with Crippen LogP contribution in [0, 0.1) is 0 Å². The van der Waals surface area contributed by atoms with Crippen LogP contribution >= 0.6 is 0 Å². The Labute approximate surface area is 153 Å². The van der Waals surface area contributed by atoms with Crippen LogP contribution in [0.2, 0.25) is 0 Å². The lowest BCUT2D eigenvalue weighted by atomic mass is 10.0. The van der Waals surface area contributed by atoms with Crippen LogP contribution in [-0.2, 0) is 6.54 Å². The molecule has 2 N–H and O–H groups in total. The van der Waals surface area contributed by atoms with Crippen molar-refractivity contribution >= 4 is 16.7 Å². The molecule has 4 nitrogen and oxygen atoms in total. The number of amides is 1. The zero-order chi connectivity index (χ0) is 17.9. The largest absolute Gasteiger partial charge is 0.507 e. The molecule has 0 aromatic heterocycles. The number of carbonyl (C=O) groups is 1. The molecule has 1 saturated heterocycles. The van der Waals surface area contributed by atoms with Crippen molar-refractivity contribution in [1.29, 1.82) is 0 Å². The smallest absolute Gasteiger partial charge is 0.258 e. The number of piperazine rings is 1. The first kappa shape index (κ1) is 16.6. The van der Waals surface area contributed by atoms with E-state index in [1.165, 1.54) is 10.5 Å². The van der Waals surface area contributed by atoms with E-state index in [9.17, 15) is 9.90 Å². The summed E-state index contributed by atoms with van der Waals surface area (Å²) in [6.07, 6.45) is 0. The van der Waals surface area contributed by atoms with E-state index in [1.807, 2.05) is 35.2 Å². The highest BCUT2D eigenvalue weighted by Crippen LogP contribution is 2.26. The summed E-state index contributed by atoms with van der Waals surface area (Å²) in [5, 5.41) is 12.2. The molecule has 132 valence electrons. The van der Waals surface area contributed by atoms with Gasteiger partial charge in [0, 0.05) is 5.56 Å². The molecule has 1 heterocycles. The zero-order valence-electron chi connectivity index (χ0n) is 14.7. The quantitative estimate of drug-likeness (QED) is 0.762. The molecule has 3 aromatic rings. The predicted octanol–water partition coefficient (Wildman–Crippen LogP) is 2.09. The Morgan fingerprint density at radius 3 is 2.23 bits per heavy atom. The Bertz CT molecular complexity index is 916. The molecule has 1 aliphatic heterocycles. The number of phenolic OH excluding ortho intramolecular Hbond substituents is 1. The van der Waals surface area contributed by atoms with Crippen molar-refractivity contribution in [3.05, 3.63) is 77.9 Å². The summed E-state index contributed by atoms with van der Waals surface area (Å²) in [5.41, 5.74) is 1.73. The number of carbonyl (C=O) groups excluding carboxylic acids is 1. The Hall–Kier alpha value is -2.85. The van der Waals surface area contributed by atoms with Crippen molar-refractivity contribution in [2.75, 3.05) is 26.2 Å². The number of hydrogen-bond acceptors (Lipinski definition) is 2. The molecule has 0 atom stereocenters. The van der Waals surface area contributed by atoms with E-state index < -0.39 is 0 Å². The Balaban J connectivity index is 1.44. The number of hydrogen-bond donors (Lipinski definition) is 2. The van der Waals surface area contributed by atoms with E-state index in [2.05, 4.69) is 24.3 Å². The molecule has 0 bridgehead atoms. The van der Waals surface area contributed by atoms with Crippen molar-refractivity contribution in [1.82, 2.24) is 4.90 Å². The van der Waals surface area contributed by atoms with Gasteiger partial charge in [-0.05, 0) is 22.9 Å². The molecular formula is C22H23N2O2+. The Kier molecular flexibility index (Phi) is 4.59. The molecule has 0 aliphatic carbocycles. The number of fused-ring (bicyclic) bond motifs is 1. The fraction of sp³-hybridized carbons (Fsp3) is 0.227. The first-order chi connectivity index (χ1) is 12.7. The summed E-state index contributed by atoms with van der Waals surface area (Å²) in [6.45, 7) is 4.27. The van der Waals surface area contributed by atoms with Crippen LogP contribution in [0.25, 0.3) is 10.8 Å². The highest BCUT2D eigenvalue weighted by atomic mass is 16.3. The average molecular weight is 347 g/mol. The van der Waals surface area contributed by atoms with Crippen LogP contribution in [-0.4, -0.2) is 42.1 Å². The van der Waals surface area contributed by atoms with E-state index in [0.717, 1.165) is 30.4 Å². The van der Waals surface area contributed by atoms with Gasteiger partial charge in [0.25, 0.3) is 5.91 Å². The van der Waals surface area contributed by atoms with Gasteiger partial charge in [0.05, 0.1) is 31.7 Å². The maximum Gasteiger partial charge on any atom is 0.258 e. The van der Waals surface area contributed by atoms with Gasteiger partial charge in [-0.15, -0.1) is 0 Å². The van der Waals surface area contributed by atoms with Crippen LogP contribution in [0.1, 0.15) is 15.9 Å². The van der Waals surface area contributed by atoms with Gasteiger partial charge in [-0.25, -0.2) is 0 Å². The minimum atomic E-state index is -0.0768.